The molecule has 0 radical (unpaired) electrons. The normalized spacial score (nSPS) is 17.7. The number of allylic oxidation sites excluding steroid dienone is 5. The molecule has 1 heterocycles. The first-order valence-corrected chi connectivity index (χ1v) is 6.40. The summed E-state index contributed by atoms with van der Waals surface area (Å²) in [4.78, 5) is 1.31. The fourth-order valence-corrected chi connectivity index (χ4v) is 2.55. The Hall–Kier alpha value is -0.930. The highest BCUT2D eigenvalue weighted by Gasteiger charge is 2.12. The van der Waals surface area contributed by atoms with Gasteiger partial charge in [0.1, 0.15) is 0 Å². The van der Waals surface area contributed by atoms with Crippen molar-refractivity contribution in [2.45, 2.75) is 13.8 Å². The van der Waals surface area contributed by atoms with Gasteiger partial charge in [-0.3, -0.25) is 0 Å². The Balaban J connectivity index is 2.82. The first-order chi connectivity index (χ1) is 7.69. The van der Waals surface area contributed by atoms with E-state index in [4.69, 9.17) is 0 Å². The Morgan fingerprint density at radius 1 is 1.56 bits per heavy atom. The van der Waals surface area contributed by atoms with Gasteiger partial charge in [0.25, 0.3) is 0 Å². The van der Waals surface area contributed by atoms with Gasteiger partial charge in [0.15, 0.2) is 0 Å². The molecule has 0 atom stereocenters. The van der Waals surface area contributed by atoms with E-state index in [1.807, 2.05) is 24.9 Å². The van der Waals surface area contributed by atoms with Crippen molar-refractivity contribution in [3.8, 4) is 0 Å². The van der Waals surface area contributed by atoms with Crippen molar-refractivity contribution in [2.75, 3.05) is 19.5 Å². The van der Waals surface area contributed by atoms with E-state index in [2.05, 4.69) is 43.2 Å². The van der Waals surface area contributed by atoms with Crippen LogP contribution >= 0.6 is 11.8 Å². The molecule has 0 bridgehead atoms. The Kier molecular flexibility index (Phi) is 5.43. The lowest BCUT2D eigenvalue weighted by molar-refractivity contribution is 0.880. The van der Waals surface area contributed by atoms with Crippen LogP contribution in [0, 0.1) is 0 Å². The molecule has 2 N–H and O–H groups in total. The number of nitrogens with one attached hydrogen (secondary N) is 2. The molecule has 1 rings (SSSR count). The van der Waals surface area contributed by atoms with Gasteiger partial charge < -0.3 is 10.6 Å². The molecule has 1 aliphatic rings. The maximum atomic E-state index is 3.88. The van der Waals surface area contributed by atoms with Crippen molar-refractivity contribution in [2.24, 2.45) is 0 Å². The minimum absolute atomic E-state index is 0.921. The third-order valence-electron chi connectivity index (χ3n) is 2.38. The fourth-order valence-electron chi connectivity index (χ4n) is 1.51. The summed E-state index contributed by atoms with van der Waals surface area (Å²) < 4.78 is 0. The van der Waals surface area contributed by atoms with Gasteiger partial charge in [0, 0.05) is 17.1 Å². The van der Waals surface area contributed by atoms with E-state index in [0.29, 0.717) is 0 Å². The highest BCUT2D eigenvalue weighted by molar-refractivity contribution is 8.03. The SMILES string of the molecule is C=C/C(=C\C=C(/C)CNC)C1=C(C)NCS1. The van der Waals surface area contributed by atoms with Gasteiger partial charge in [-0.25, -0.2) is 0 Å². The quantitative estimate of drug-likeness (QED) is 0.718. The van der Waals surface area contributed by atoms with Gasteiger partial charge in [0.05, 0.1) is 5.88 Å². The van der Waals surface area contributed by atoms with Crippen LogP contribution in [0.15, 0.2) is 46.6 Å². The monoisotopic (exact) mass is 236 g/mol. The van der Waals surface area contributed by atoms with Crippen molar-refractivity contribution < 1.29 is 0 Å². The number of hydrogen-bond acceptors (Lipinski definition) is 3. The van der Waals surface area contributed by atoms with Gasteiger partial charge in [-0.1, -0.05) is 30.4 Å². The second kappa shape index (κ2) is 6.61. The van der Waals surface area contributed by atoms with Gasteiger partial charge in [-0.05, 0) is 26.5 Å². The van der Waals surface area contributed by atoms with Crippen LogP contribution in [0.4, 0.5) is 0 Å². The molecule has 0 saturated carbocycles. The zero-order chi connectivity index (χ0) is 12.0. The summed E-state index contributed by atoms with van der Waals surface area (Å²) in [5.74, 6) is 0.964. The van der Waals surface area contributed by atoms with E-state index in [-0.39, 0.29) is 0 Å². The summed E-state index contributed by atoms with van der Waals surface area (Å²) in [6.45, 7) is 9.02. The lowest BCUT2D eigenvalue weighted by atomic mass is 10.1. The summed E-state index contributed by atoms with van der Waals surface area (Å²) in [5, 5.41) is 6.45. The highest BCUT2D eigenvalue weighted by atomic mass is 32.2. The van der Waals surface area contributed by atoms with E-state index in [0.717, 1.165) is 12.4 Å². The second-order valence-corrected chi connectivity index (χ2v) is 4.77. The topological polar surface area (TPSA) is 24.1 Å². The van der Waals surface area contributed by atoms with Crippen molar-refractivity contribution in [1.29, 1.82) is 0 Å². The molecule has 2 nitrogen and oxygen atoms in total. The molecule has 88 valence electrons. The molecule has 0 amide bonds. The van der Waals surface area contributed by atoms with Crippen LogP contribution < -0.4 is 10.6 Å². The average Bonchev–Trinajstić information content (AvgIpc) is 2.66. The van der Waals surface area contributed by atoms with Crippen LogP contribution in [0.2, 0.25) is 0 Å². The zero-order valence-corrected chi connectivity index (χ0v) is 11.1. The molecule has 0 aromatic carbocycles. The minimum atomic E-state index is 0.921. The maximum absolute atomic E-state index is 3.88. The molecule has 0 spiro atoms. The predicted octanol–water partition coefficient (Wildman–Crippen LogP) is 2.79. The molecule has 0 saturated heterocycles. The summed E-state index contributed by atoms with van der Waals surface area (Å²) in [5.41, 5.74) is 3.76. The summed E-state index contributed by atoms with van der Waals surface area (Å²) in [7, 11) is 1.96. The highest BCUT2D eigenvalue weighted by Crippen LogP contribution is 2.31. The van der Waals surface area contributed by atoms with E-state index < -0.39 is 0 Å². The van der Waals surface area contributed by atoms with E-state index in [1.165, 1.54) is 21.7 Å². The summed E-state index contributed by atoms with van der Waals surface area (Å²) in [6, 6.07) is 0. The van der Waals surface area contributed by atoms with Crippen molar-refractivity contribution in [3.63, 3.8) is 0 Å². The smallest absolute Gasteiger partial charge is 0.0655 e. The average molecular weight is 236 g/mol. The Labute approximate surface area is 103 Å². The molecule has 3 heteroatoms. The molecule has 1 aliphatic heterocycles. The lowest BCUT2D eigenvalue weighted by Gasteiger charge is -2.03. The molecule has 0 fully saturated rings. The molecule has 0 aliphatic carbocycles. The third kappa shape index (κ3) is 3.58. The Bertz CT molecular complexity index is 351. The van der Waals surface area contributed by atoms with Crippen molar-refractivity contribution in [1.82, 2.24) is 10.6 Å². The number of thioether (sulfide) groups is 1. The Morgan fingerprint density at radius 3 is 2.81 bits per heavy atom. The Morgan fingerprint density at radius 2 is 2.31 bits per heavy atom. The number of hydrogen-bond donors (Lipinski definition) is 2. The van der Waals surface area contributed by atoms with Gasteiger partial charge in [-0.2, -0.15) is 0 Å². The van der Waals surface area contributed by atoms with Crippen molar-refractivity contribution in [3.05, 3.63) is 46.6 Å². The molecule has 0 aromatic heterocycles. The molecule has 0 unspecified atom stereocenters. The summed E-state index contributed by atoms with van der Waals surface area (Å²) >= 11 is 1.83. The van der Waals surface area contributed by atoms with Crippen molar-refractivity contribution >= 4 is 11.8 Å². The van der Waals surface area contributed by atoms with Crippen LogP contribution in [0.1, 0.15) is 13.8 Å². The van der Waals surface area contributed by atoms with Crippen LogP contribution in [0.5, 0.6) is 0 Å². The maximum Gasteiger partial charge on any atom is 0.0655 e. The van der Waals surface area contributed by atoms with E-state index in [9.17, 15) is 0 Å². The lowest BCUT2D eigenvalue weighted by Crippen LogP contribution is -2.08. The second-order valence-electron chi connectivity index (χ2n) is 3.79. The first-order valence-electron chi connectivity index (χ1n) is 5.41. The fraction of sp³-hybridized carbons (Fsp3) is 0.385. The van der Waals surface area contributed by atoms with Crippen LogP contribution in [-0.2, 0) is 0 Å². The standard InChI is InChI=1S/C13H20N2S/c1-5-12(7-6-10(2)8-14-4)13-11(3)15-9-16-13/h5-7,14-15H,1,8-9H2,2-4H3/b10-6+,12-7+. The van der Waals surface area contributed by atoms with Gasteiger partial charge >= 0.3 is 0 Å². The van der Waals surface area contributed by atoms with E-state index >= 15 is 0 Å². The third-order valence-corrected chi connectivity index (χ3v) is 3.50. The van der Waals surface area contributed by atoms with Gasteiger partial charge in [0.2, 0.25) is 0 Å². The molecule has 0 aromatic rings. The van der Waals surface area contributed by atoms with Gasteiger partial charge in [-0.15, -0.1) is 11.8 Å². The number of likely N-dealkylation sites (N-methyl/N-ethyl adjacent to an activating group) is 1. The molecule has 16 heavy (non-hydrogen) atoms. The van der Waals surface area contributed by atoms with Crippen LogP contribution in [0.25, 0.3) is 0 Å². The van der Waals surface area contributed by atoms with Crippen LogP contribution in [-0.4, -0.2) is 19.5 Å². The number of rotatable bonds is 5. The molecular weight excluding hydrogens is 216 g/mol. The summed E-state index contributed by atoms with van der Waals surface area (Å²) in [6.07, 6.45) is 6.20. The molecular formula is C13H20N2S. The predicted molar refractivity (Wildman–Crippen MR) is 74.3 cm³/mol. The minimum Gasteiger partial charge on any atom is -0.378 e. The zero-order valence-electron chi connectivity index (χ0n) is 10.3. The largest absolute Gasteiger partial charge is 0.378 e. The van der Waals surface area contributed by atoms with E-state index in [1.54, 1.807) is 0 Å². The van der Waals surface area contributed by atoms with Crippen LogP contribution in [0.3, 0.4) is 0 Å². The first kappa shape index (κ1) is 13.1.